The number of benzene rings is 1. The van der Waals surface area contributed by atoms with E-state index in [9.17, 15) is 4.79 Å². The highest BCUT2D eigenvalue weighted by Gasteiger charge is 2.32. The van der Waals surface area contributed by atoms with Crippen molar-refractivity contribution < 1.29 is 4.79 Å². The zero-order valence-corrected chi connectivity index (χ0v) is 15.6. The number of halogens is 2. The number of fused-ring (bicyclic) bond motifs is 2. The summed E-state index contributed by atoms with van der Waals surface area (Å²) in [6, 6.07) is 10.9. The van der Waals surface area contributed by atoms with E-state index in [4.69, 9.17) is 0 Å². The molecule has 0 spiro atoms. The summed E-state index contributed by atoms with van der Waals surface area (Å²) < 4.78 is 0.746. The number of nitrogens with zero attached hydrogens (tertiary/aromatic N) is 2. The van der Waals surface area contributed by atoms with Gasteiger partial charge in [-0.05, 0) is 35.2 Å². The third-order valence-electron chi connectivity index (χ3n) is 4.78. The molecule has 4 rings (SSSR count). The van der Waals surface area contributed by atoms with Crippen molar-refractivity contribution in [3.8, 4) is 11.3 Å². The fraction of sp³-hybridized carbons (Fsp3) is 0.412. The van der Waals surface area contributed by atoms with E-state index in [-0.39, 0.29) is 18.3 Å². The molecule has 24 heavy (non-hydrogen) atoms. The monoisotopic (exact) mass is 410 g/mol. The first-order valence-electron chi connectivity index (χ1n) is 8.07. The van der Waals surface area contributed by atoms with Crippen molar-refractivity contribution in [1.82, 2.24) is 20.4 Å². The molecule has 2 bridgehead atoms. The Morgan fingerprint density at radius 3 is 2.71 bits per heavy atom. The van der Waals surface area contributed by atoms with Gasteiger partial charge in [-0.25, -0.2) is 0 Å². The number of hydrogen-bond donors (Lipinski definition) is 2. The molecule has 128 valence electrons. The molecule has 2 aromatic rings. The van der Waals surface area contributed by atoms with E-state index >= 15 is 0 Å². The van der Waals surface area contributed by atoms with Gasteiger partial charge in [0, 0.05) is 30.7 Å². The van der Waals surface area contributed by atoms with Crippen LogP contribution in [0.2, 0.25) is 0 Å². The van der Waals surface area contributed by atoms with Gasteiger partial charge in [-0.3, -0.25) is 9.89 Å². The molecule has 2 fully saturated rings. The van der Waals surface area contributed by atoms with Gasteiger partial charge in [0.05, 0.1) is 4.47 Å². The smallest absolute Gasteiger partial charge is 0.273 e. The lowest BCUT2D eigenvalue weighted by molar-refractivity contribution is 0.0741. The lowest BCUT2D eigenvalue weighted by Gasteiger charge is -2.23. The molecule has 2 aliphatic rings. The highest BCUT2D eigenvalue weighted by Crippen LogP contribution is 2.30. The molecule has 0 saturated carbocycles. The van der Waals surface area contributed by atoms with Crippen LogP contribution in [0.25, 0.3) is 11.3 Å². The second kappa shape index (κ2) is 7.25. The molecule has 1 aromatic heterocycles. The van der Waals surface area contributed by atoms with Crippen molar-refractivity contribution in [1.29, 1.82) is 0 Å². The molecule has 0 aliphatic carbocycles. The SMILES string of the molecule is Cl.O=C(c1[nH]nc(-c2ccccc2)c1Br)N1CCC2CCC(C1)N2. The minimum Gasteiger partial charge on any atom is -0.336 e. The second-order valence-electron chi connectivity index (χ2n) is 6.30. The van der Waals surface area contributed by atoms with Gasteiger partial charge < -0.3 is 10.2 Å². The zero-order chi connectivity index (χ0) is 15.8. The molecule has 7 heteroatoms. The summed E-state index contributed by atoms with van der Waals surface area (Å²) in [6.07, 6.45) is 3.42. The second-order valence-corrected chi connectivity index (χ2v) is 7.10. The number of likely N-dealkylation sites (tertiary alicyclic amines) is 1. The molecule has 2 atom stereocenters. The quantitative estimate of drug-likeness (QED) is 0.797. The van der Waals surface area contributed by atoms with Crippen molar-refractivity contribution >= 4 is 34.2 Å². The molecule has 5 nitrogen and oxygen atoms in total. The first kappa shape index (κ1) is 17.5. The van der Waals surface area contributed by atoms with Crippen LogP contribution in [0, 0.1) is 0 Å². The number of rotatable bonds is 2. The Morgan fingerprint density at radius 2 is 1.92 bits per heavy atom. The molecule has 2 saturated heterocycles. The van der Waals surface area contributed by atoms with Crippen LogP contribution in [-0.2, 0) is 0 Å². The van der Waals surface area contributed by atoms with E-state index in [0.717, 1.165) is 41.7 Å². The van der Waals surface area contributed by atoms with Gasteiger partial charge in [0.15, 0.2) is 0 Å². The third kappa shape index (κ3) is 3.23. The maximum Gasteiger partial charge on any atom is 0.273 e. The lowest BCUT2D eigenvalue weighted by atomic mass is 10.1. The van der Waals surface area contributed by atoms with Crippen LogP contribution in [-0.4, -0.2) is 46.2 Å². The molecule has 1 amide bonds. The third-order valence-corrected chi connectivity index (χ3v) is 5.55. The van der Waals surface area contributed by atoms with Gasteiger partial charge in [0.1, 0.15) is 11.4 Å². The van der Waals surface area contributed by atoms with Gasteiger partial charge in [-0.2, -0.15) is 5.10 Å². The number of carbonyl (C=O) groups is 1. The molecule has 2 aliphatic heterocycles. The number of hydrogen-bond acceptors (Lipinski definition) is 3. The van der Waals surface area contributed by atoms with Gasteiger partial charge in [0.25, 0.3) is 5.91 Å². The standard InChI is InChI=1S/C17H19BrN4O.ClH/c18-14-15(11-4-2-1-3-5-11)20-21-16(14)17(23)22-9-8-12-6-7-13(10-22)19-12;/h1-5,12-13,19H,6-10H2,(H,20,21);1H. The lowest BCUT2D eigenvalue weighted by Crippen LogP contribution is -2.39. The summed E-state index contributed by atoms with van der Waals surface area (Å²) in [7, 11) is 0. The van der Waals surface area contributed by atoms with Crippen LogP contribution in [0.5, 0.6) is 0 Å². The fourth-order valence-electron chi connectivity index (χ4n) is 3.54. The largest absolute Gasteiger partial charge is 0.336 e. The minimum atomic E-state index is 0. The predicted octanol–water partition coefficient (Wildman–Crippen LogP) is 3.23. The zero-order valence-electron chi connectivity index (χ0n) is 13.2. The summed E-state index contributed by atoms with van der Waals surface area (Å²) >= 11 is 3.56. The average Bonchev–Trinajstić information content (AvgIpc) is 3.10. The van der Waals surface area contributed by atoms with Crippen molar-refractivity contribution in [3.63, 3.8) is 0 Å². The maximum atomic E-state index is 12.9. The molecule has 2 unspecified atom stereocenters. The normalized spacial score (nSPS) is 22.8. The highest BCUT2D eigenvalue weighted by molar-refractivity contribution is 9.10. The number of carbonyl (C=O) groups excluding carboxylic acids is 1. The van der Waals surface area contributed by atoms with E-state index in [0.29, 0.717) is 17.8 Å². The summed E-state index contributed by atoms with van der Waals surface area (Å²) in [5.74, 6) is 0.0286. The summed E-state index contributed by atoms with van der Waals surface area (Å²) in [4.78, 5) is 14.8. The Morgan fingerprint density at radius 1 is 1.17 bits per heavy atom. The molecule has 1 aromatic carbocycles. The van der Waals surface area contributed by atoms with E-state index in [2.05, 4.69) is 31.4 Å². The van der Waals surface area contributed by atoms with Crippen molar-refractivity contribution in [3.05, 3.63) is 40.5 Å². The Labute approximate surface area is 155 Å². The number of aromatic nitrogens is 2. The van der Waals surface area contributed by atoms with Crippen LogP contribution in [0.4, 0.5) is 0 Å². The number of nitrogens with one attached hydrogen (secondary N) is 2. The summed E-state index contributed by atoms with van der Waals surface area (Å²) in [5.41, 5.74) is 2.32. The Kier molecular flexibility index (Phi) is 5.27. The van der Waals surface area contributed by atoms with Gasteiger partial charge in [-0.15, -0.1) is 12.4 Å². The van der Waals surface area contributed by atoms with E-state index in [1.807, 2.05) is 35.2 Å². The number of aromatic amines is 1. The molecular formula is C17H20BrClN4O. The minimum absolute atomic E-state index is 0. The van der Waals surface area contributed by atoms with Crippen molar-refractivity contribution in [2.75, 3.05) is 13.1 Å². The summed E-state index contributed by atoms with van der Waals surface area (Å²) in [6.45, 7) is 1.58. The van der Waals surface area contributed by atoms with E-state index in [1.165, 1.54) is 6.42 Å². The van der Waals surface area contributed by atoms with Gasteiger partial charge >= 0.3 is 0 Å². The Hall–Kier alpha value is -1.37. The molecule has 0 radical (unpaired) electrons. The number of amides is 1. The van der Waals surface area contributed by atoms with Gasteiger partial charge in [0.2, 0.25) is 0 Å². The first-order chi connectivity index (χ1) is 11.2. The number of H-pyrrole nitrogens is 1. The predicted molar refractivity (Wildman–Crippen MR) is 99.4 cm³/mol. The molecule has 2 N–H and O–H groups in total. The first-order valence-corrected chi connectivity index (χ1v) is 8.86. The van der Waals surface area contributed by atoms with Crippen LogP contribution in [0.1, 0.15) is 29.8 Å². The topological polar surface area (TPSA) is 61.0 Å². The fourth-order valence-corrected chi connectivity index (χ4v) is 4.12. The van der Waals surface area contributed by atoms with Crippen LogP contribution < -0.4 is 5.32 Å². The van der Waals surface area contributed by atoms with Crippen molar-refractivity contribution in [2.45, 2.75) is 31.3 Å². The van der Waals surface area contributed by atoms with Crippen LogP contribution in [0.3, 0.4) is 0 Å². The Bertz CT molecular complexity index is 721. The van der Waals surface area contributed by atoms with Gasteiger partial charge in [-0.1, -0.05) is 30.3 Å². The Balaban J connectivity index is 0.00000169. The van der Waals surface area contributed by atoms with Crippen LogP contribution in [0.15, 0.2) is 34.8 Å². The van der Waals surface area contributed by atoms with E-state index in [1.54, 1.807) is 0 Å². The summed E-state index contributed by atoms with van der Waals surface area (Å²) in [5, 5.41) is 10.9. The maximum absolute atomic E-state index is 12.9. The van der Waals surface area contributed by atoms with Crippen molar-refractivity contribution in [2.24, 2.45) is 0 Å². The average molecular weight is 412 g/mol. The molecule has 3 heterocycles. The van der Waals surface area contributed by atoms with Crippen LogP contribution >= 0.6 is 28.3 Å². The van der Waals surface area contributed by atoms with E-state index < -0.39 is 0 Å². The highest BCUT2D eigenvalue weighted by atomic mass is 79.9. The molecular weight excluding hydrogens is 392 g/mol.